The van der Waals surface area contributed by atoms with Crippen LogP contribution in [0.5, 0.6) is 5.75 Å². The summed E-state index contributed by atoms with van der Waals surface area (Å²) in [7, 11) is 1.52. The number of aryl methyl sites for hydroxylation is 1. The van der Waals surface area contributed by atoms with E-state index in [2.05, 4.69) is 16.9 Å². The Morgan fingerprint density at radius 3 is 2.85 bits per heavy atom. The van der Waals surface area contributed by atoms with E-state index >= 15 is 0 Å². The van der Waals surface area contributed by atoms with E-state index in [4.69, 9.17) is 10.6 Å². The molecule has 1 atom stereocenters. The second-order valence-corrected chi connectivity index (χ2v) is 5.61. The summed E-state index contributed by atoms with van der Waals surface area (Å²) in [5.74, 6) is 5.78. The zero-order valence-electron chi connectivity index (χ0n) is 11.4. The third-order valence-electron chi connectivity index (χ3n) is 3.28. The maximum atomic E-state index is 14.0. The number of ether oxygens (including phenoxy) is 1. The van der Waals surface area contributed by atoms with Gasteiger partial charge in [-0.25, -0.2) is 4.39 Å². The first-order valence-electron chi connectivity index (χ1n) is 6.56. The average Bonchev–Trinajstić information content (AvgIpc) is 2.97. The van der Waals surface area contributed by atoms with E-state index in [0.29, 0.717) is 11.3 Å². The van der Waals surface area contributed by atoms with Crippen LogP contribution in [0.2, 0.25) is 0 Å². The Morgan fingerprint density at radius 2 is 2.25 bits per heavy atom. The summed E-state index contributed by atoms with van der Waals surface area (Å²) in [5, 5.41) is 2.07. The van der Waals surface area contributed by atoms with Gasteiger partial charge in [0.2, 0.25) is 0 Å². The molecule has 0 radical (unpaired) electrons. The summed E-state index contributed by atoms with van der Waals surface area (Å²) in [4.78, 5) is 1.34. The van der Waals surface area contributed by atoms with Crippen molar-refractivity contribution in [2.24, 2.45) is 5.84 Å². The zero-order chi connectivity index (χ0) is 14.4. The standard InChI is InChI=1S/C15H19FN2OS/c1-19-11-7-8-13(14(16)10-11)15(18-17)6-2-4-12-5-3-9-20-12/h3,5,7-10,15,18H,2,4,6,17H2,1H3. The Hall–Kier alpha value is -1.43. The molecule has 0 saturated carbocycles. The van der Waals surface area contributed by atoms with E-state index in [1.807, 2.05) is 6.07 Å². The highest BCUT2D eigenvalue weighted by Crippen LogP contribution is 2.25. The smallest absolute Gasteiger partial charge is 0.131 e. The molecule has 0 amide bonds. The van der Waals surface area contributed by atoms with Gasteiger partial charge in [0.15, 0.2) is 0 Å². The van der Waals surface area contributed by atoms with Crippen LogP contribution in [0, 0.1) is 5.82 Å². The van der Waals surface area contributed by atoms with Crippen molar-refractivity contribution < 1.29 is 9.13 Å². The molecule has 0 fully saturated rings. The SMILES string of the molecule is COc1ccc(C(CCCc2cccs2)NN)c(F)c1. The van der Waals surface area contributed by atoms with Gasteiger partial charge in [0.1, 0.15) is 11.6 Å². The first-order chi connectivity index (χ1) is 9.74. The number of methoxy groups -OCH3 is 1. The lowest BCUT2D eigenvalue weighted by Crippen LogP contribution is -2.28. The Balaban J connectivity index is 1.97. The van der Waals surface area contributed by atoms with Gasteiger partial charge < -0.3 is 4.74 Å². The van der Waals surface area contributed by atoms with E-state index < -0.39 is 0 Å². The van der Waals surface area contributed by atoms with E-state index in [9.17, 15) is 4.39 Å². The fourth-order valence-electron chi connectivity index (χ4n) is 2.18. The normalized spacial score (nSPS) is 12.3. The fourth-order valence-corrected chi connectivity index (χ4v) is 2.93. The van der Waals surface area contributed by atoms with Gasteiger partial charge in [0.25, 0.3) is 0 Å². The molecule has 2 rings (SSSR count). The second-order valence-electron chi connectivity index (χ2n) is 4.58. The summed E-state index contributed by atoms with van der Waals surface area (Å²) in [6, 6.07) is 8.84. The molecule has 1 aromatic heterocycles. The molecule has 108 valence electrons. The molecule has 1 unspecified atom stereocenters. The number of nitrogens with one attached hydrogen (secondary N) is 1. The maximum absolute atomic E-state index is 14.0. The van der Waals surface area contributed by atoms with Crippen LogP contribution in [0.25, 0.3) is 0 Å². The quantitative estimate of drug-likeness (QED) is 0.607. The summed E-state index contributed by atoms with van der Waals surface area (Å²) in [5.41, 5.74) is 3.28. The van der Waals surface area contributed by atoms with E-state index in [1.54, 1.807) is 23.5 Å². The van der Waals surface area contributed by atoms with Gasteiger partial charge in [0, 0.05) is 22.5 Å². The third-order valence-corrected chi connectivity index (χ3v) is 4.22. The summed E-state index contributed by atoms with van der Waals surface area (Å²) in [6.45, 7) is 0. The van der Waals surface area contributed by atoms with Crippen molar-refractivity contribution in [1.82, 2.24) is 5.43 Å². The lowest BCUT2D eigenvalue weighted by atomic mass is 10.0. The number of halogens is 1. The molecular weight excluding hydrogens is 275 g/mol. The summed E-state index contributed by atoms with van der Waals surface area (Å²) in [6.07, 6.45) is 2.74. The topological polar surface area (TPSA) is 47.3 Å². The molecular formula is C15H19FN2OS. The molecule has 3 N–H and O–H groups in total. The molecule has 1 heterocycles. The molecule has 0 bridgehead atoms. The lowest BCUT2D eigenvalue weighted by Gasteiger charge is -2.17. The van der Waals surface area contributed by atoms with Crippen LogP contribution in [0.15, 0.2) is 35.7 Å². The summed E-state index contributed by atoms with van der Waals surface area (Å²) >= 11 is 1.74. The van der Waals surface area contributed by atoms with Crippen molar-refractivity contribution in [2.45, 2.75) is 25.3 Å². The molecule has 2 aromatic rings. The van der Waals surface area contributed by atoms with Crippen molar-refractivity contribution in [3.05, 3.63) is 52.0 Å². The number of thiophene rings is 1. The predicted molar refractivity (Wildman–Crippen MR) is 80.3 cm³/mol. The van der Waals surface area contributed by atoms with Crippen molar-refractivity contribution in [2.75, 3.05) is 7.11 Å². The Bertz CT molecular complexity index is 531. The number of benzene rings is 1. The first kappa shape index (κ1) is 15.0. The Kier molecular flexibility index (Phi) is 5.52. The molecule has 20 heavy (non-hydrogen) atoms. The van der Waals surface area contributed by atoms with Crippen molar-refractivity contribution >= 4 is 11.3 Å². The zero-order valence-corrected chi connectivity index (χ0v) is 12.3. The molecule has 0 saturated heterocycles. The van der Waals surface area contributed by atoms with Gasteiger partial charge in [-0.15, -0.1) is 11.3 Å². The highest BCUT2D eigenvalue weighted by molar-refractivity contribution is 7.09. The number of hydrazine groups is 1. The number of rotatable bonds is 7. The van der Waals surface area contributed by atoms with Crippen molar-refractivity contribution in [3.8, 4) is 5.75 Å². The van der Waals surface area contributed by atoms with Crippen LogP contribution in [0.4, 0.5) is 4.39 Å². The highest BCUT2D eigenvalue weighted by Gasteiger charge is 2.15. The first-order valence-corrected chi connectivity index (χ1v) is 7.44. The predicted octanol–water partition coefficient (Wildman–Crippen LogP) is 3.42. The van der Waals surface area contributed by atoms with Crippen LogP contribution < -0.4 is 16.0 Å². The van der Waals surface area contributed by atoms with Gasteiger partial charge >= 0.3 is 0 Å². The van der Waals surface area contributed by atoms with Crippen LogP contribution in [-0.2, 0) is 6.42 Å². The maximum Gasteiger partial charge on any atom is 0.131 e. The fraction of sp³-hybridized carbons (Fsp3) is 0.333. The molecule has 0 spiro atoms. The molecule has 5 heteroatoms. The summed E-state index contributed by atoms with van der Waals surface area (Å²) < 4.78 is 19.0. The largest absolute Gasteiger partial charge is 0.497 e. The van der Waals surface area contributed by atoms with Gasteiger partial charge in [-0.2, -0.15) is 0 Å². The third kappa shape index (κ3) is 3.79. The van der Waals surface area contributed by atoms with Gasteiger partial charge in [-0.1, -0.05) is 12.1 Å². The highest BCUT2D eigenvalue weighted by atomic mass is 32.1. The molecule has 0 aliphatic heterocycles. The molecule has 3 nitrogen and oxygen atoms in total. The molecule has 0 aliphatic carbocycles. The van der Waals surface area contributed by atoms with Gasteiger partial charge in [0.05, 0.1) is 7.11 Å². The Labute approximate surface area is 122 Å². The average molecular weight is 294 g/mol. The van der Waals surface area contributed by atoms with Crippen LogP contribution in [-0.4, -0.2) is 7.11 Å². The minimum atomic E-state index is -0.288. The molecule has 1 aromatic carbocycles. The van der Waals surface area contributed by atoms with Crippen LogP contribution in [0.3, 0.4) is 0 Å². The Morgan fingerprint density at radius 1 is 1.40 bits per heavy atom. The van der Waals surface area contributed by atoms with Crippen LogP contribution >= 0.6 is 11.3 Å². The number of hydrogen-bond acceptors (Lipinski definition) is 4. The van der Waals surface area contributed by atoms with Crippen molar-refractivity contribution in [1.29, 1.82) is 0 Å². The van der Waals surface area contributed by atoms with Gasteiger partial charge in [-0.05, 0) is 36.8 Å². The van der Waals surface area contributed by atoms with Crippen molar-refractivity contribution in [3.63, 3.8) is 0 Å². The minimum Gasteiger partial charge on any atom is -0.497 e. The van der Waals surface area contributed by atoms with Gasteiger partial charge in [-0.3, -0.25) is 11.3 Å². The van der Waals surface area contributed by atoms with E-state index in [-0.39, 0.29) is 11.9 Å². The second kappa shape index (κ2) is 7.38. The number of hydrogen-bond donors (Lipinski definition) is 2. The van der Waals surface area contributed by atoms with E-state index in [1.165, 1.54) is 18.1 Å². The monoisotopic (exact) mass is 294 g/mol. The lowest BCUT2D eigenvalue weighted by molar-refractivity contribution is 0.408. The minimum absolute atomic E-state index is 0.180. The molecule has 0 aliphatic rings. The van der Waals surface area contributed by atoms with Crippen LogP contribution in [0.1, 0.15) is 29.3 Å². The van der Waals surface area contributed by atoms with E-state index in [0.717, 1.165) is 19.3 Å². The number of nitrogens with two attached hydrogens (primary N) is 1.